The Hall–Kier alpha value is -1.91. The van der Waals surface area contributed by atoms with Crippen LogP contribution in [0.25, 0.3) is 0 Å². The summed E-state index contributed by atoms with van der Waals surface area (Å²) in [4.78, 5) is 6.99. The van der Waals surface area contributed by atoms with Crippen molar-refractivity contribution in [3.8, 4) is 0 Å². The zero-order valence-corrected chi connectivity index (χ0v) is 14.0. The number of morpholine rings is 1. The summed E-state index contributed by atoms with van der Waals surface area (Å²) in [5.74, 6) is 1.88. The lowest BCUT2D eigenvalue weighted by molar-refractivity contribution is 0.122. The van der Waals surface area contributed by atoms with Crippen molar-refractivity contribution < 1.29 is 4.74 Å². The molecule has 1 aromatic heterocycles. The van der Waals surface area contributed by atoms with Gasteiger partial charge in [0.25, 0.3) is 0 Å². The molecular formula is C20H25N3O. The van der Waals surface area contributed by atoms with Gasteiger partial charge in [-0.15, -0.1) is 0 Å². The standard InChI is InChI=1S/C20H25N3O/c1-2-5-16(6-3-1)19(17-8-9-17)22-15-18-7-4-10-21-20(18)23-11-13-24-14-12-23/h1-7,10,17,19,22H,8-9,11-15H2. The molecule has 2 aliphatic rings. The van der Waals surface area contributed by atoms with E-state index < -0.39 is 0 Å². The molecule has 1 aliphatic heterocycles. The highest BCUT2D eigenvalue weighted by Crippen LogP contribution is 2.41. The Labute approximate surface area is 143 Å². The summed E-state index contributed by atoms with van der Waals surface area (Å²) >= 11 is 0. The maximum Gasteiger partial charge on any atom is 0.133 e. The Morgan fingerprint density at radius 1 is 1.08 bits per heavy atom. The van der Waals surface area contributed by atoms with Crippen molar-refractivity contribution in [3.05, 3.63) is 59.8 Å². The second-order valence-corrected chi connectivity index (χ2v) is 6.69. The molecule has 2 heterocycles. The van der Waals surface area contributed by atoms with E-state index >= 15 is 0 Å². The SMILES string of the molecule is c1ccc(C(NCc2cccnc2N2CCOCC2)C2CC2)cc1. The first-order chi connectivity index (χ1) is 11.9. The number of nitrogens with one attached hydrogen (secondary N) is 1. The lowest BCUT2D eigenvalue weighted by Crippen LogP contribution is -2.37. The Balaban J connectivity index is 1.48. The van der Waals surface area contributed by atoms with E-state index in [1.54, 1.807) is 0 Å². The number of rotatable bonds is 6. The first-order valence-corrected chi connectivity index (χ1v) is 8.97. The number of ether oxygens (including phenoxy) is 1. The van der Waals surface area contributed by atoms with Gasteiger partial charge in [-0.25, -0.2) is 4.98 Å². The van der Waals surface area contributed by atoms with Crippen LogP contribution in [-0.4, -0.2) is 31.3 Å². The molecule has 0 bridgehead atoms. The van der Waals surface area contributed by atoms with E-state index in [0.29, 0.717) is 6.04 Å². The van der Waals surface area contributed by atoms with Crippen molar-refractivity contribution >= 4 is 5.82 Å². The van der Waals surface area contributed by atoms with Gasteiger partial charge in [-0.3, -0.25) is 0 Å². The van der Waals surface area contributed by atoms with Crippen LogP contribution in [0.2, 0.25) is 0 Å². The van der Waals surface area contributed by atoms with Crippen LogP contribution in [0.5, 0.6) is 0 Å². The van der Waals surface area contributed by atoms with E-state index in [0.717, 1.165) is 44.6 Å². The third-order valence-corrected chi connectivity index (χ3v) is 4.94. The van der Waals surface area contributed by atoms with Gasteiger partial charge in [0.1, 0.15) is 5.82 Å². The van der Waals surface area contributed by atoms with Gasteiger partial charge < -0.3 is 15.0 Å². The minimum Gasteiger partial charge on any atom is -0.378 e. The summed E-state index contributed by atoms with van der Waals surface area (Å²) in [6.45, 7) is 4.29. The van der Waals surface area contributed by atoms with Gasteiger partial charge >= 0.3 is 0 Å². The number of benzene rings is 1. The maximum absolute atomic E-state index is 5.47. The quantitative estimate of drug-likeness (QED) is 0.886. The first kappa shape index (κ1) is 15.6. The van der Waals surface area contributed by atoms with E-state index in [-0.39, 0.29) is 0 Å². The largest absolute Gasteiger partial charge is 0.378 e. The lowest BCUT2D eigenvalue weighted by atomic mass is 10.0. The van der Waals surface area contributed by atoms with Crippen molar-refractivity contribution in [3.63, 3.8) is 0 Å². The summed E-state index contributed by atoms with van der Waals surface area (Å²) in [5.41, 5.74) is 2.68. The summed E-state index contributed by atoms with van der Waals surface area (Å²) in [7, 11) is 0. The molecule has 1 unspecified atom stereocenters. The van der Waals surface area contributed by atoms with Crippen molar-refractivity contribution in [2.45, 2.75) is 25.4 Å². The van der Waals surface area contributed by atoms with Gasteiger partial charge in [-0.2, -0.15) is 0 Å². The topological polar surface area (TPSA) is 37.4 Å². The predicted molar refractivity (Wildman–Crippen MR) is 96.0 cm³/mol. The molecule has 2 fully saturated rings. The summed E-state index contributed by atoms with van der Waals surface area (Å²) in [6.07, 6.45) is 4.55. The molecule has 0 amide bonds. The number of hydrogen-bond donors (Lipinski definition) is 1. The molecule has 1 atom stereocenters. The molecule has 1 aromatic carbocycles. The van der Waals surface area contributed by atoms with Crippen LogP contribution < -0.4 is 10.2 Å². The summed E-state index contributed by atoms with van der Waals surface area (Å²) < 4.78 is 5.47. The molecule has 0 radical (unpaired) electrons. The zero-order valence-electron chi connectivity index (χ0n) is 14.0. The van der Waals surface area contributed by atoms with Crippen molar-refractivity contribution in [2.75, 3.05) is 31.2 Å². The van der Waals surface area contributed by atoms with Crippen LogP contribution in [0.1, 0.15) is 30.0 Å². The van der Waals surface area contributed by atoms with Crippen molar-refractivity contribution in [1.82, 2.24) is 10.3 Å². The van der Waals surface area contributed by atoms with Crippen molar-refractivity contribution in [1.29, 1.82) is 0 Å². The van der Waals surface area contributed by atoms with E-state index in [4.69, 9.17) is 4.74 Å². The second-order valence-electron chi connectivity index (χ2n) is 6.69. The van der Waals surface area contributed by atoms with E-state index in [1.165, 1.54) is 24.0 Å². The monoisotopic (exact) mass is 323 g/mol. The highest BCUT2D eigenvalue weighted by atomic mass is 16.5. The number of aromatic nitrogens is 1. The highest BCUT2D eigenvalue weighted by molar-refractivity contribution is 5.47. The number of anilines is 1. The predicted octanol–water partition coefficient (Wildman–Crippen LogP) is 3.16. The van der Waals surface area contributed by atoms with E-state index in [9.17, 15) is 0 Å². The summed E-state index contributed by atoms with van der Waals surface area (Å²) in [6, 6.07) is 15.5. The average Bonchev–Trinajstić information content (AvgIpc) is 3.49. The fourth-order valence-corrected chi connectivity index (χ4v) is 3.49. The lowest BCUT2D eigenvalue weighted by Gasteiger charge is -2.30. The normalized spacial score (nSPS) is 19.2. The van der Waals surface area contributed by atoms with Crippen LogP contribution in [0.3, 0.4) is 0 Å². The smallest absolute Gasteiger partial charge is 0.133 e. The fourth-order valence-electron chi connectivity index (χ4n) is 3.49. The Kier molecular flexibility index (Phi) is 4.76. The number of pyridine rings is 1. The van der Waals surface area contributed by atoms with Gasteiger partial charge in [0, 0.05) is 37.4 Å². The molecule has 1 N–H and O–H groups in total. The molecule has 4 nitrogen and oxygen atoms in total. The molecule has 1 saturated heterocycles. The third kappa shape index (κ3) is 3.60. The van der Waals surface area contributed by atoms with E-state index in [2.05, 4.69) is 51.6 Å². The van der Waals surface area contributed by atoms with Gasteiger partial charge in [-0.05, 0) is 30.4 Å². The molecule has 1 aliphatic carbocycles. The van der Waals surface area contributed by atoms with Gasteiger partial charge in [-0.1, -0.05) is 36.4 Å². The second kappa shape index (κ2) is 7.32. The van der Waals surface area contributed by atoms with E-state index in [1.807, 2.05) is 12.3 Å². The minimum absolute atomic E-state index is 0.448. The van der Waals surface area contributed by atoms with Crippen LogP contribution >= 0.6 is 0 Å². The number of hydrogen-bond acceptors (Lipinski definition) is 4. The highest BCUT2D eigenvalue weighted by Gasteiger charge is 2.32. The van der Waals surface area contributed by atoms with Gasteiger partial charge in [0.2, 0.25) is 0 Å². The fraction of sp³-hybridized carbons (Fsp3) is 0.450. The van der Waals surface area contributed by atoms with Crippen LogP contribution in [0.4, 0.5) is 5.82 Å². The molecule has 4 heteroatoms. The van der Waals surface area contributed by atoms with Gasteiger partial charge in [0.15, 0.2) is 0 Å². The summed E-state index contributed by atoms with van der Waals surface area (Å²) in [5, 5.41) is 3.80. The Bertz CT molecular complexity index is 651. The average molecular weight is 323 g/mol. The Morgan fingerprint density at radius 2 is 1.88 bits per heavy atom. The molecular weight excluding hydrogens is 298 g/mol. The zero-order chi connectivity index (χ0) is 16.2. The van der Waals surface area contributed by atoms with Crippen molar-refractivity contribution in [2.24, 2.45) is 5.92 Å². The Morgan fingerprint density at radius 3 is 2.62 bits per heavy atom. The number of nitrogens with zero attached hydrogens (tertiary/aromatic N) is 2. The third-order valence-electron chi connectivity index (χ3n) is 4.94. The molecule has 126 valence electrons. The molecule has 1 saturated carbocycles. The van der Waals surface area contributed by atoms with Crippen LogP contribution in [-0.2, 0) is 11.3 Å². The van der Waals surface area contributed by atoms with Crippen LogP contribution in [0, 0.1) is 5.92 Å². The maximum atomic E-state index is 5.47. The minimum atomic E-state index is 0.448. The van der Waals surface area contributed by atoms with Gasteiger partial charge in [0.05, 0.1) is 13.2 Å². The molecule has 2 aromatic rings. The molecule has 4 rings (SSSR count). The van der Waals surface area contributed by atoms with Crippen LogP contribution in [0.15, 0.2) is 48.7 Å². The molecule has 0 spiro atoms. The molecule has 24 heavy (non-hydrogen) atoms. The first-order valence-electron chi connectivity index (χ1n) is 8.97.